The summed E-state index contributed by atoms with van der Waals surface area (Å²) in [4.78, 5) is 9.83. The number of para-hydroxylation sites is 2. The monoisotopic (exact) mass is 430 g/mol. The Balaban J connectivity index is 1.68. The number of benzene rings is 3. The maximum Gasteiger partial charge on any atom is 0.488 e. The van der Waals surface area contributed by atoms with Gasteiger partial charge >= 0.3 is 7.12 Å². The second kappa shape index (κ2) is 7.85. The summed E-state index contributed by atoms with van der Waals surface area (Å²) in [7, 11) is -1.59. The van der Waals surface area contributed by atoms with Gasteiger partial charge in [0, 0.05) is 27.0 Å². The molecular weight excluding hydrogens is 411 g/mol. The van der Waals surface area contributed by atoms with E-state index in [1.54, 1.807) is 0 Å². The van der Waals surface area contributed by atoms with Crippen LogP contribution in [0.3, 0.4) is 0 Å². The Hall–Kier alpha value is -4.00. The molecule has 2 N–H and O–H groups in total. The minimum absolute atomic E-state index is 0.404. The minimum atomic E-state index is -1.59. The van der Waals surface area contributed by atoms with Gasteiger partial charge in [0.15, 0.2) is 5.82 Å². The van der Waals surface area contributed by atoms with Crippen LogP contribution in [-0.4, -0.2) is 27.1 Å². The van der Waals surface area contributed by atoms with Gasteiger partial charge in [-0.25, -0.2) is 9.97 Å². The summed E-state index contributed by atoms with van der Waals surface area (Å²) in [5.41, 5.74) is 5.02. The van der Waals surface area contributed by atoms with Crippen LogP contribution in [0.5, 0.6) is 0 Å². The molecule has 2 aromatic heterocycles. The zero-order valence-electron chi connectivity index (χ0n) is 17.6. The van der Waals surface area contributed by atoms with Crippen LogP contribution in [0.15, 0.2) is 89.4 Å². The highest BCUT2D eigenvalue weighted by molar-refractivity contribution is 6.63. The molecule has 0 spiro atoms. The zero-order valence-corrected chi connectivity index (χ0v) is 17.6. The maximum absolute atomic E-state index is 9.93. The fraction of sp³-hybridized carbons (Fsp3) is 0.0370. The van der Waals surface area contributed by atoms with Crippen LogP contribution in [0.1, 0.15) is 6.42 Å². The number of hydrogen-bond acceptors (Lipinski definition) is 5. The van der Waals surface area contributed by atoms with E-state index in [0.29, 0.717) is 28.7 Å². The first-order valence-corrected chi connectivity index (χ1v) is 10.8. The standard InChI is InChI=1S/C27H19BN2O3/c31-28(32)22-15-6-4-11-19-18-13-8-14-21(25(18)33-26(19)22)27-29-23-16-7-5-12-20(23)24(30-27)17-9-2-1-3-10-17/h1-14,16,31-32H,15H2. The van der Waals surface area contributed by atoms with Crippen LogP contribution in [0, 0.1) is 0 Å². The Morgan fingerprint density at radius 1 is 0.818 bits per heavy atom. The van der Waals surface area contributed by atoms with E-state index in [4.69, 9.17) is 14.4 Å². The van der Waals surface area contributed by atoms with E-state index in [9.17, 15) is 10.0 Å². The van der Waals surface area contributed by atoms with Gasteiger partial charge in [-0.1, -0.05) is 78.9 Å². The third-order valence-electron chi connectivity index (χ3n) is 5.99. The van der Waals surface area contributed by atoms with Gasteiger partial charge in [0.1, 0.15) is 11.0 Å². The maximum atomic E-state index is 9.93. The molecule has 0 fully saturated rings. The van der Waals surface area contributed by atoms with Gasteiger partial charge in [-0.3, -0.25) is 0 Å². The molecule has 33 heavy (non-hydrogen) atoms. The van der Waals surface area contributed by atoms with Crippen LogP contribution in [0.25, 0.3) is 56.1 Å². The summed E-state index contributed by atoms with van der Waals surface area (Å²) >= 11 is 0. The molecule has 3 aromatic carbocycles. The van der Waals surface area contributed by atoms with Crippen molar-refractivity contribution >= 4 is 40.5 Å². The Kier molecular flexibility index (Phi) is 4.68. The first-order valence-electron chi connectivity index (χ1n) is 10.8. The van der Waals surface area contributed by atoms with Crippen LogP contribution < -0.4 is 10.6 Å². The second-order valence-electron chi connectivity index (χ2n) is 8.00. The van der Waals surface area contributed by atoms with Crippen molar-refractivity contribution in [2.75, 3.05) is 0 Å². The molecule has 6 rings (SSSR count). The van der Waals surface area contributed by atoms with Crippen molar-refractivity contribution in [1.29, 1.82) is 0 Å². The van der Waals surface area contributed by atoms with Crippen molar-refractivity contribution in [3.8, 4) is 22.6 Å². The number of hydrogen-bond donors (Lipinski definition) is 2. The summed E-state index contributed by atoms with van der Waals surface area (Å²) in [6.45, 7) is 0. The first kappa shape index (κ1) is 19.7. The molecule has 2 heterocycles. The van der Waals surface area contributed by atoms with E-state index < -0.39 is 7.12 Å². The quantitative estimate of drug-likeness (QED) is 0.428. The second-order valence-corrected chi connectivity index (χ2v) is 8.00. The Morgan fingerprint density at radius 3 is 2.45 bits per heavy atom. The third kappa shape index (κ3) is 3.28. The lowest BCUT2D eigenvalue weighted by Gasteiger charge is -2.09. The van der Waals surface area contributed by atoms with Gasteiger partial charge in [0.2, 0.25) is 0 Å². The molecule has 0 unspecified atom stereocenters. The minimum Gasteiger partial charge on any atom is -0.456 e. The molecule has 0 saturated heterocycles. The smallest absolute Gasteiger partial charge is 0.456 e. The summed E-state index contributed by atoms with van der Waals surface area (Å²) < 4.78 is 6.28. The predicted molar refractivity (Wildman–Crippen MR) is 131 cm³/mol. The lowest BCUT2D eigenvalue weighted by molar-refractivity contribution is 0.423. The molecule has 0 saturated carbocycles. The van der Waals surface area contributed by atoms with Gasteiger partial charge in [-0.2, -0.15) is 0 Å². The van der Waals surface area contributed by atoms with E-state index in [2.05, 4.69) is 0 Å². The SMILES string of the molecule is OB(O)C1=c2oc3c(-c4nc(-c5ccccc5)c5ccccc5n4)cccc3c2=CC=CC1. The number of allylic oxidation sites excluding steroid dienone is 2. The van der Waals surface area contributed by atoms with E-state index >= 15 is 0 Å². The number of furan rings is 1. The van der Waals surface area contributed by atoms with Crippen LogP contribution in [0.2, 0.25) is 0 Å². The van der Waals surface area contributed by atoms with Gasteiger partial charge in [-0.05, 0) is 18.6 Å². The molecule has 0 amide bonds. The lowest BCUT2D eigenvalue weighted by Crippen LogP contribution is -2.29. The molecule has 0 atom stereocenters. The van der Waals surface area contributed by atoms with Crippen molar-refractivity contribution in [2.45, 2.75) is 6.42 Å². The van der Waals surface area contributed by atoms with Crippen molar-refractivity contribution in [2.24, 2.45) is 0 Å². The number of rotatable bonds is 3. The highest BCUT2D eigenvalue weighted by Crippen LogP contribution is 2.31. The van der Waals surface area contributed by atoms with Crippen molar-refractivity contribution in [1.82, 2.24) is 9.97 Å². The van der Waals surface area contributed by atoms with Gasteiger partial charge in [0.05, 0.1) is 16.8 Å². The zero-order chi connectivity index (χ0) is 22.4. The highest BCUT2D eigenvalue weighted by Gasteiger charge is 2.21. The Labute approximate surface area is 189 Å². The lowest BCUT2D eigenvalue weighted by atomic mass is 9.77. The molecule has 5 nitrogen and oxygen atoms in total. The number of aromatic nitrogens is 2. The van der Waals surface area contributed by atoms with E-state index in [1.807, 2.05) is 91.0 Å². The van der Waals surface area contributed by atoms with E-state index in [0.717, 1.165) is 38.3 Å². The Bertz CT molecular complexity index is 1670. The molecule has 1 aliphatic carbocycles. The largest absolute Gasteiger partial charge is 0.488 e. The summed E-state index contributed by atoms with van der Waals surface area (Å²) in [6, 6.07) is 23.9. The van der Waals surface area contributed by atoms with Crippen LogP contribution >= 0.6 is 0 Å². The van der Waals surface area contributed by atoms with Crippen molar-refractivity contribution in [3.63, 3.8) is 0 Å². The third-order valence-corrected chi connectivity index (χ3v) is 5.99. The highest BCUT2D eigenvalue weighted by atomic mass is 16.4. The predicted octanol–water partition coefficient (Wildman–Crippen LogP) is 3.61. The number of nitrogens with zero attached hydrogens (tertiary/aromatic N) is 2. The fourth-order valence-electron chi connectivity index (χ4n) is 4.41. The summed E-state index contributed by atoms with van der Waals surface area (Å²) in [5.74, 6) is 0.559. The molecule has 6 heteroatoms. The van der Waals surface area contributed by atoms with E-state index in [-0.39, 0.29) is 0 Å². The molecule has 0 radical (unpaired) electrons. The van der Waals surface area contributed by atoms with Crippen molar-refractivity contribution < 1.29 is 14.5 Å². The fourth-order valence-corrected chi connectivity index (χ4v) is 4.41. The topological polar surface area (TPSA) is 79.4 Å². The van der Waals surface area contributed by atoms with Gasteiger partial charge < -0.3 is 14.5 Å². The molecule has 1 aliphatic rings. The first-order chi connectivity index (χ1) is 16.2. The molecule has 0 aliphatic heterocycles. The average molecular weight is 430 g/mol. The normalized spacial score (nSPS) is 13.1. The van der Waals surface area contributed by atoms with Gasteiger partial charge in [0.25, 0.3) is 0 Å². The average Bonchev–Trinajstić information content (AvgIpc) is 3.08. The Morgan fingerprint density at radius 2 is 1.61 bits per heavy atom. The molecule has 158 valence electrons. The van der Waals surface area contributed by atoms with E-state index in [1.165, 1.54) is 0 Å². The van der Waals surface area contributed by atoms with Crippen LogP contribution in [-0.2, 0) is 0 Å². The summed E-state index contributed by atoms with van der Waals surface area (Å²) in [5, 5.41) is 22.5. The van der Waals surface area contributed by atoms with Gasteiger partial charge in [-0.15, -0.1) is 0 Å². The molecular formula is C27H19BN2O3. The summed E-state index contributed by atoms with van der Waals surface area (Å²) in [6.07, 6.45) is 6.15. The number of fused-ring (bicyclic) bond motifs is 4. The van der Waals surface area contributed by atoms with Crippen LogP contribution in [0.4, 0.5) is 0 Å². The molecule has 0 bridgehead atoms. The molecule has 5 aromatic rings. The van der Waals surface area contributed by atoms with Crippen molar-refractivity contribution in [3.05, 3.63) is 95.6 Å².